The monoisotopic (exact) mass is 434 g/mol. The molecule has 0 spiro atoms. The Morgan fingerprint density at radius 1 is 1.06 bits per heavy atom. The molecule has 2 aromatic carbocycles. The molecule has 0 bridgehead atoms. The number of anilines is 2. The molecule has 2 aliphatic heterocycles. The Kier molecular flexibility index (Phi) is 6.44. The van der Waals surface area contributed by atoms with Gasteiger partial charge in [-0.05, 0) is 68.1 Å². The van der Waals surface area contributed by atoms with Crippen LogP contribution in [0.3, 0.4) is 0 Å². The third kappa shape index (κ3) is 4.77. The summed E-state index contributed by atoms with van der Waals surface area (Å²) in [6.07, 6.45) is 2.39. The Balaban J connectivity index is 1.38. The first-order valence-corrected chi connectivity index (χ1v) is 11.1. The van der Waals surface area contributed by atoms with Gasteiger partial charge in [0.05, 0.1) is 12.8 Å². The second kappa shape index (κ2) is 9.42. The van der Waals surface area contributed by atoms with E-state index in [1.54, 1.807) is 7.11 Å². The molecule has 1 saturated heterocycles. The fourth-order valence-electron chi connectivity index (χ4n) is 4.20. The van der Waals surface area contributed by atoms with Gasteiger partial charge in [-0.15, -0.1) is 0 Å². The number of ether oxygens (including phenoxy) is 1. The average Bonchev–Trinajstić information content (AvgIpc) is 2.81. The molecule has 0 aromatic heterocycles. The molecule has 32 heavy (non-hydrogen) atoms. The molecule has 0 aliphatic carbocycles. The van der Waals surface area contributed by atoms with E-state index in [0.717, 1.165) is 54.2 Å². The van der Waals surface area contributed by atoms with E-state index in [1.165, 1.54) is 5.01 Å². The third-order valence-electron chi connectivity index (χ3n) is 6.16. The van der Waals surface area contributed by atoms with Gasteiger partial charge in [-0.3, -0.25) is 9.59 Å². The number of piperidine rings is 1. The number of carbonyl (C=O) groups excluding carboxylic acids is 2. The van der Waals surface area contributed by atoms with E-state index in [9.17, 15) is 9.59 Å². The van der Waals surface area contributed by atoms with Gasteiger partial charge in [0.25, 0.3) is 5.91 Å². The lowest BCUT2D eigenvalue weighted by Gasteiger charge is -2.34. The summed E-state index contributed by atoms with van der Waals surface area (Å²) in [6, 6.07) is 14.1. The summed E-state index contributed by atoms with van der Waals surface area (Å²) in [5.74, 6) is 0.594. The number of hydrogen-bond donors (Lipinski definition) is 1. The van der Waals surface area contributed by atoms with Crippen LogP contribution in [-0.4, -0.2) is 43.8 Å². The van der Waals surface area contributed by atoms with Crippen LogP contribution in [0.25, 0.3) is 0 Å². The summed E-state index contributed by atoms with van der Waals surface area (Å²) in [5, 5.41) is 8.98. The second-order valence-electron chi connectivity index (χ2n) is 8.47. The van der Waals surface area contributed by atoms with E-state index >= 15 is 0 Å². The van der Waals surface area contributed by atoms with Crippen molar-refractivity contribution in [2.45, 2.75) is 45.6 Å². The Labute approximate surface area is 189 Å². The van der Waals surface area contributed by atoms with Crippen LogP contribution in [0.1, 0.15) is 36.8 Å². The number of rotatable bonds is 5. The summed E-state index contributed by atoms with van der Waals surface area (Å²) < 4.78 is 5.23. The number of benzene rings is 2. The van der Waals surface area contributed by atoms with Gasteiger partial charge in [0.2, 0.25) is 5.91 Å². The third-order valence-corrected chi connectivity index (χ3v) is 6.16. The van der Waals surface area contributed by atoms with Crippen LogP contribution >= 0.6 is 0 Å². The Hall–Kier alpha value is -3.35. The number of carbonyl (C=O) groups is 2. The number of hydrazone groups is 1. The van der Waals surface area contributed by atoms with Gasteiger partial charge < -0.3 is 15.0 Å². The van der Waals surface area contributed by atoms with Gasteiger partial charge in [-0.25, -0.2) is 5.01 Å². The van der Waals surface area contributed by atoms with Crippen LogP contribution in [0.15, 0.2) is 47.6 Å². The maximum Gasteiger partial charge on any atom is 0.267 e. The molecule has 1 N–H and O–H groups in total. The van der Waals surface area contributed by atoms with Gasteiger partial charge in [0.15, 0.2) is 0 Å². The zero-order valence-electron chi connectivity index (χ0n) is 18.9. The number of hydrogen-bond acceptors (Lipinski definition) is 5. The SMILES string of the molecule is COc1ccc(N2CCC(NC(=O)C3=NN(c4cc(C)ccc4C)C(=O)CC3)CC2)cc1. The minimum absolute atomic E-state index is 0.0805. The van der Waals surface area contributed by atoms with Gasteiger partial charge in [0, 0.05) is 37.7 Å². The van der Waals surface area contributed by atoms with Crippen molar-refractivity contribution in [1.29, 1.82) is 0 Å². The van der Waals surface area contributed by atoms with Crippen LogP contribution in [0, 0.1) is 13.8 Å². The smallest absolute Gasteiger partial charge is 0.267 e. The van der Waals surface area contributed by atoms with Crippen molar-refractivity contribution in [3.8, 4) is 5.75 Å². The van der Waals surface area contributed by atoms with Crippen molar-refractivity contribution in [3.63, 3.8) is 0 Å². The molecule has 7 nitrogen and oxygen atoms in total. The largest absolute Gasteiger partial charge is 0.497 e. The number of nitrogens with zero attached hydrogens (tertiary/aromatic N) is 3. The molecule has 2 aromatic rings. The van der Waals surface area contributed by atoms with Crippen molar-refractivity contribution in [3.05, 3.63) is 53.6 Å². The molecule has 0 radical (unpaired) electrons. The summed E-state index contributed by atoms with van der Waals surface area (Å²) in [5.41, 5.74) is 4.33. The highest BCUT2D eigenvalue weighted by atomic mass is 16.5. The summed E-state index contributed by atoms with van der Waals surface area (Å²) in [7, 11) is 1.66. The highest BCUT2D eigenvalue weighted by Crippen LogP contribution is 2.26. The van der Waals surface area contributed by atoms with Crippen LogP contribution in [0.4, 0.5) is 11.4 Å². The predicted molar refractivity (Wildman–Crippen MR) is 126 cm³/mol. The number of methoxy groups -OCH3 is 1. The minimum atomic E-state index is -0.171. The van der Waals surface area contributed by atoms with Gasteiger partial charge in [-0.2, -0.15) is 5.10 Å². The van der Waals surface area contributed by atoms with Gasteiger partial charge in [-0.1, -0.05) is 12.1 Å². The molecule has 4 rings (SSSR count). The van der Waals surface area contributed by atoms with Gasteiger partial charge in [0.1, 0.15) is 11.5 Å². The van der Waals surface area contributed by atoms with E-state index in [1.807, 2.05) is 44.2 Å². The Bertz CT molecular complexity index is 1020. The lowest BCUT2D eigenvalue weighted by molar-refractivity contribution is -0.119. The van der Waals surface area contributed by atoms with Gasteiger partial charge >= 0.3 is 0 Å². The molecule has 2 amide bonds. The fourth-order valence-corrected chi connectivity index (χ4v) is 4.20. The Morgan fingerprint density at radius 3 is 2.47 bits per heavy atom. The minimum Gasteiger partial charge on any atom is -0.497 e. The first-order chi connectivity index (χ1) is 15.4. The van der Waals surface area contributed by atoms with E-state index in [4.69, 9.17) is 4.74 Å². The van der Waals surface area contributed by atoms with E-state index in [-0.39, 0.29) is 24.3 Å². The predicted octanol–water partition coefficient (Wildman–Crippen LogP) is 3.58. The van der Waals surface area contributed by atoms with E-state index in [2.05, 4.69) is 27.5 Å². The zero-order chi connectivity index (χ0) is 22.7. The van der Waals surface area contributed by atoms with Crippen LogP contribution < -0.4 is 20.0 Å². The van der Waals surface area contributed by atoms with Crippen molar-refractivity contribution < 1.29 is 14.3 Å². The van der Waals surface area contributed by atoms with Crippen LogP contribution in [0.2, 0.25) is 0 Å². The van der Waals surface area contributed by atoms with Crippen molar-refractivity contribution >= 4 is 28.9 Å². The summed E-state index contributed by atoms with van der Waals surface area (Å²) >= 11 is 0. The summed E-state index contributed by atoms with van der Waals surface area (Å²) in [6.45, 7) is 5.67. The maximum atomic E-state index is 12.9. The van der Waals surface area contributed by atoms with Crippen LogP contribution in [0.5, 0.6) is 5.75 Å². The normalized spacial score (nSPS) is 17.2. The molecule has 1 fully saturated rings. The highest BCUT2D eigenvalue weighted by Gasteiger charge is 2.28. The molecule has 2 heterocycles. The second-order valence-corrected chi connectivity index (χ2v) is 8.47. The quantitative estimate of drug-likeness (QED) is 0.781. The lowest BCUT2D eigenvalue weighted by atomic mass is 10.0. The van der Waals surface area contributed by atoms with E-state index < -0.39 is 0 Å². The topological polar surface area (TPSA) is 74.2 Å². The van der Waals surface area contributed by atoms with E-state index in [0.29, 0.717) is 12.1 Å². The lowest BCUT2D eigenvalue weighted by Crippen LogP contribution is -2.48. The number of aryl methyl sites for hydroxylation is 2. The fraction of sp³-hybridized carbons (Fsp3) is 0.400. The average molecular weight is 435 g/mol. The zero-order valence-corrected chi connectivity index (χ0v) is 18.9. The number of nitrogens with one attached hydrogen (secondary N) is 1. The van der Waals surface area contributed by atoms with Crippen molar-refractivity contribution in [2.75, 3.05) is 30.1 Å². The standard InChI is InChI=1S/C25H30N4O3/c1-17-4-5-18(2)23(16-17)29-24(30)11-10-22(27-29)25(31)26-19-12-14-28(15-13-19)20-6-8-21(32-3)9-7-20/h4-9,16,19H,10-15H2,1-3H3,(H,26,31). The Morgan fingerprint density at radius 2 is 1.78 bits per heavy atom. The molecule has 168 valence electrons. The maximum absolute atomic E-state index is 12.9. The van der Waals surface area contributed by atoms with Crippen molar-refractivity contribution in [1.82, 2.24) is 5.32 Å². The molecule has 2 aliphatic rings. The molecule has 7 heteroatoms. The first kappa shape index (κ1) is 21.9. The highest BCUT2D eigenvalue weighted by molar-refractivity contribution is 6.40. The van der Waals surface area contributed by atoms with Crippen LogP contribution in [-0.2, 0) is 9.59 Å². The first-order valence-electron chi connectivity index (χ1n) is 11.1. The number of amides is 2. The molecule has 0 saturated carbocycles. The summed E-state index contributed by atoms with van der Waals surface area (Å²) in [4.78, 5) is 27.7. The molecule has 0 unspecified atom stereocenters. The molecule has 0 atom stereocenters. The molecular formula is C25H30N4O3. The van der Waals surface area contributed by atoms with Crippen molar-refractivity contribution in [2.24, 2.45) is 5.10 Å². The molecular weight excluding hydrogens is 404 g/mol.